The molecule has 1 spiro atoms. The van der Waals surface area contributed by atoms with E-state index in [9.17, 15) is 0 Å². The fourth-order valence-electron chi connectivity index (χ4n) is 4.17. The van der Waals surface area contributed by atoms with Gasteiger partial charge in [0, 0.05) is 50.2 Å². The molecule has 4 rings (SSSR count). The van der Waals surface area contributed by atoms with Crippen molar-refractivity contribution in [1.82, 2.24) is 14.9 Å². The van der Waals surface area contributed by atoms with Crippen LogP contribution in [0.2, 0.25) is 0 Å². The van der Waals surface area contributed by atoms with Crippen LogP contribution < -0.4 is 4.90 Å². The summed E-state index contributed by atoms with van der Waals surface area (Å²) in [6, 6.07) is 10.4. The minimum atomic E-state index is 0.194. The van der Waals surface area contributed by atoms with Gasteiger partial charge >= 0.3 is 0 Å². The quantitative estimate of drug-likeness (QED) is 0.860. The van der Waals surface area contributed by atoms with Crippen LogP contribution in [-0.2, 0) is 11.3 Å². The molecule has 1 unspecified atom stereocenters. The first kappa shape index (κ1) is 16.5. The van der Waals surface area contributed by atoms with Crippen molar-refractivity contribution in [3.05, 3.63) is 54.5 Å². The van der Waals surface area contributed by atoms with Gasteiger partial charge in [-0.25, -0.2) is 4.98 Å². The van der Waals surface area contributed by atoms with Crippen LogP contribution >= 0.6 is 0 Å². The summed E-state index contributed by atoms with van der Waals surface area (Å²) in [4.78, 5) is 13.7. The molecule has 132 valence electrons. The molecule has 2 saturated heterocycles. The molecule has 0 N–H and O–H groups in total. The van der Waals surface area contributed by atoms with Crippen LogP contribution in [0.25, 0.3) is 0 Å². The summed E-state index contributed by atoms with van der Waals surface area (Å²) in [6.07, 6.45) is 8.09. The van der Waals surface area contributed by atoms with Gasteiger partial charge in [0.25, 0.3) is 0 Å². The van der Waals surface area contributed by atoms with Gasteiger partial charge < -0.3 is 9.64 Å². The molecule has 5 heteroatoms. The Morgan fingerprint density at radius 3 is 2.80 bits per heavy atom. The van der Waals surface area contributed by atoms with Gasteiger partial charge in [0.1, 0.15) is 5.82 Å². The summed E-state index contributed by atoms with van der Waals surface area (Å²) in [5.41, 5.74) is 1.53. The standard InChI is InChI=1S/C20H26N4O/c1-2-8-22-19(4-1)24-12-13-25-17-20(16-24)7-3-11-23(15-20)14-18-5-9-21-10-6-18/h1-2,4-6,8-10H,3,7,11-17H2. The second-order valence-electron chi connectivity index (χ2n) is 7.33. The van der Waals surface area contributed by atoms with Gasteiger partial charge in [0.05, 0.1) is 13.2 Å². The lowest BCUT2D eigenvalue weighted by molar-refractivity contribution is 0.0106. The van der Waals surface area contributed by atoms with Crippen molar-refractivity contribution in [2.75, 3.05) is 44.3 Å². The lowest BCUT2D eigenvalue weighted by atomic mass is 9.80. The van der Waals surface area contributed by atoms with Gasteiger partial charge in [0.15, 0.2) is 0 Å². The molecule has 0 amide bonds. The lowest BCUT2D eigenvalue weighted by Gasteiger charge is -2.43. The van der Waals surface area contributed by atoms with E-state index in [2.05, 4.69) is 44.0 Å². The monoisotopic (exact) mass is 338 g/mol. The van der Waals surface area contributed by atoms with E-state index in [0.29, 0.717) is 0 Å². The van der Waals surface area contributed by atoms with Gasteiger partial charge in [0.2, 0.25) is 0 Å². The van der Waals surface area contributed by atoms with Crippen molar-refractivity contribution in [3.63, 3.8) is 0 Å². The molecule has 25 heavy (non-hydrogen) atoms. The minimum absolute atomic E-state index is 0.194. The zero-order valence-electron chi connectivity index (χ0n) is 14.7. The topological polar surface area (TPSA) is 41.5 Å². The molecular weight excluding hydrogens is 312 g/mol. The number of aromatic nitrogens is 2. The maximum absolute atomic E-state index is 6.03. The number of nitrogens with zero attached hydrogens (tertiary/aromatic N) is 4. The summed E-state index contributed by atoms with van der Waals surface area (Å²) < 4.78 is 6.03. The highest BCUT2D eigenvalue weighted by Gasteiger charge is 2.39. The Hall–Kier alpha value is -1.98. The maximum atomic E-state index is 6.03. The average Bonchev–Trinajstić information content (AvgIpc) is 2.86. The number of rotatable bonds is 3. The maximum Gasteiger partial charge on any atom is 0.128 e. The number of hydrogen-bond donors (Lipinski definition) is 0. The number of hydrogen-bond acceptors (Lipinski definition) is 5. The van der Waals surface area contributed by atoms with Crippen molar-refractivity contribution >= 4 is 5.82 Å². The minimum Gasteiger partial charge on any atom is -0.379 e. The van der Waals surface area contributed by atoms with Crippen molar-refractivity contribution < 1.29 is 4.74 Å². The predicted octanol–water partition coefficient (Wildman–Crippen LogP) is 2.60. The predicted molar refractivity (Wildman–Crippen MR) is 98.5 cm³/mol. The summed E-state index contributed by atoms with van der Waals surface area (Å²) in [5, 5.41) is 0. The average molecular weight is 338 g/mol. The van der Waals surface area contributed by atoms with Gasteiger partial charge in [-0.2, -0.15) is 0 Å². The van der Waals surface area contributed by atoms with E-state index in [1.165, 1.54) is 18.4 Å². The number of anilines is 1. The smallest absolute Gasteiger partial charge is 0.128 e. The normalized spacial score (nSPS) is 25.0. The summed E-state index contributed by atoms with van der Waals surface area (Å²) in [5.74, 6) is 1.07. The highest BCUT2D eigenvalue weighted by atomic mass is 16.5. The van der Waals surface area contributed by atoms with Gasteiger partial charge in [-0.05, 0) is 49.2 Å². The molecule has 0 bridgehead atoms. The lowest BCUT2D eigenvalue weighted by Crippen LogP contribution is -2.50. The summed E-state index contributed by atoms with van der Waals surface area (Å²) in [6.45, 7) is 6.81. The van der Waals surface area contributed by atoms with E-state index in [1.54, 1.807) is 0 Å². The molecule has 2 aromatic heterocycles. The molecule has 0 saturated carbocycles. The van der Waals surface area contributed by atoms with E-state index in [-0.39, 0.29) is 5.41 Å². The molecule has 2 aliphatic heterocycles. The highest BCUT2D eigenvalue weighted by Crippen LogP contribution is 2.34. The molecule has 0 radical (unpaired) electrons. The number of pyridine rings is 2. The molecule has 2 aromatic rings. The first-order valence-corrected chi connectivity index (χ1v) is 9.18. The molecule has 1 atom stereocenters. The molecule has 5 nitrogen and oxygen atoms in total. The molecule has 2 fully saturated rings. The second kappa shape index (κ2) is 7.50. The van der Waals surface area contributed by atoms with E-state index in [0.717, 1.165) is 51.8 Å². The van der Waals surface area contributed by atoms with Crippen LogP contribution in [0.5, 0.6) is 0 Å². The summed E-state index contributed by atoms with van der Waals surface area (Å²) >= 11 is 0. The molecule has 0 aromatic carbocycles. The summed E-state index contributed by atoms with van der Waals surface area (Å²) in [7, 11) is 0. The van der Waals surface area contributed by atoms with Gasteiger partial charge in [-0.1, -0.05) is 6.07 Å². The van der Waals surface area contributed by atoms with E-state index >= 15 is 0 Å². The van der Waals surface area contributed by atoms with Crippen LogP contribution in [0, 0.1) is 5.41 Å². The Morgan fingerprint density at radius 2 is 1.96 bits per heavy atom. The first-order valence-electron chi connectivity index (χ1n) is 9.18. The Bertz CT molecular complexity index is 666. The SMILES string of the molecule is c1ccc(N2CCOCC3(CCCN(Cc4ccncc4)C3)C2)nc1. The fourth-order valence-corrected chi connectivity index (χ4v) is 4.17. The highest BCUT2D eigenvalue weighted by molar-refractivity contribution is 5.38. The number of piperidine rings is 1. The van der Waals surface area contributed by atoms with Crippen molar-refractivity contribution in [2.45, 2.75) is 19.4 Å². The third kappa shape index (κ3) is 3.99. The van der Waals surface area contributed by atoms with E-state index in [4.69, 9.17) is 4.74 Å². The fraction of sp³-hybridized carbons (Fsp3) is 0.500. The third-order valence-electron chi connectivity index (χ3n) is 5.31. The molecular formula is C20H26N4O. The van der Waals surface area contributed by atoms with Crippen LogP contribution in [0.3, 0.4) is 0 Å². The van der Waals surface area contributed by atoms with Crippen LogP contribution in [0.1, 0.15) is 18.4 Å². The zero-order chi connectivity index (χ0) is 17.0. The van der Waals surface area contributed by atoms with Crippen LogP contribution in [0.4, 0.5) is 5.82 Å². The Kier molecular flexibility index (Phi) is 4.95. The van der Waals surface area contributed by atoms with Crippen molar-refractivity contribution in [2.24, 2.45) is 5.41 Å². The number of ether oxygens (including phenoxy) is 1. The molecule has 2 aliphatic rings. The zero-order valence-corrected chi connectivity index (χ0v) is 14.7. The molecule has 4 heterocycles. The number of likely N-dealkylation sites (tertiary alicyclic amines) is 1. The Balaban J connectivity index is 1.49. The first-order chi connectivity index (χ1) is 12.3. The van der Waals surface area contributed by atoms with Gasteiger partial charge in [-0.3, -0.25) is 9.88 Å². The van der Waals surface area contributed by atoms with E-state index in [1.807, 2.05) is 24.7 Å². The second-order valence-corrected chi connectivity index (χ2v) is 7.33. The van der Waals surface area contributed by atoms with E-state index < -0.39 is 0 Å². The Labute approximate surface area is 149 Å². The Morgan fingerprint density at radius 1 is 1.04 bits per heavy atom. The molecule has 0 aliphatic carbocycles. The van der Waals surface area contributed by atoms with Crippen LogP contribution in [-0.4, -0.2) is 54.3 Å². The largest absolute Gasteiger partial charge is 0.379 e. The van der Waals surface area contributed by atoms with Gasteiger partial charge in [-0.15, -0.1) is 0 Å². The van der Waals surface area contributed by atoms with Crippen molar-refractivity contribution in [1.29, 1.82) is 0 Å². The third-order valence-corrected chi connectivity index (χ3v) is 5.31. The van der Waals surface area contributed by atoms with Crippen LogP contribution in [0.15, 0.2) is 48.9 Å². The van der Waals surface area contributed by atoms with Crippen molar-refractivity contribution in [3.8, 4) is 0 Å².